The van der Waals surface area contributed by atoms with Gasteiger partial charge in [0.15, 0.2) is 0 Å². The van der Waals surface area contributed by atoms with Crippen LogP contribution in [0.5, 0.6) is 5.75 Å². The summed E-state index contributed by atoms with van der Waals surface area (Å²) >= 11 is 0. The summed E-state index contributed by atoms with van der Waals surface area (Å²) in [5.74, 6) is -0.107. The van der Waals surface area contributed by atoms with Crippen molar-refractivity contribution in [1.82, 2.24) is 5.32 Å². The zero-order chi connectivity index (χ0) is 14.4. The van der Waals surface area contributed by atoms with Crippen molar-refractivity contribution in [3.8, 4) is 5.75 Å². The Morgan fingerprint density at radius 3 is 2.26 bits per heavy atom. The molecule has 0 bridgehead atoms. The Labute approximate surface area is 114 Å². The standard InChI is InChI=1S/C15H23NO3/c1-5-11(4)16-14(15(17)18)12-6-8-13(9-7-12)19-10(2)3/h6-11,14,16H,5H2,1-4H3,(H,17,18). The second kappa shape index (κ2) is 7.14. The van der Waals surface area contributed by atoms with E-state index in [0.717, 1.165) is 17.7 Å². The van der Waals surface area contributed by atoms with E-state index in [9.17, 15) is 9.90 Å². The second-order valence-corrected chi connectivity index (χ2v) is 4.98. The van der Waals surface area contributed by atoms with E-state index in [1.54, 1.807) is 12.1 Å². The van der Waals surface area contributed by atoms with Crippen molar-refractivity contribution in [3.05, 3.63) is 29.8 Å². The highest BCUT2D eigenvalue weighted by Gasteiger charge is 2.20. The Bertz CT molecular complexity index is 400. The van der Waals surface area contributed by atoms with Gasteiger partial charge in [0.25, 0.3) is 0 Å². The summed E-state index contributed by atoms with van der Waals surface area (Å²) in [6, 6.07) is 6.70. The van der Waals surface area contributed by atoms with Gasteiger partial charge in [0, 0.05) is 6.04 Å². The number of benzene rings is 1. The SMILES string of the molecule is CCC(C)NC(C(=O)O)c1ccc(OC(C)C)cc1. The first-order chi connectivity index (χ1) is 8.93. The van der Waals surface area contributed by atoms with Crippen molar-refractivity contribution in [2.75, 3.05) is 0 Å². The van der Waals surface area contributed by atoms with Crippen molar-refractivity contribution in [2.45, 2.75) is 52.3 Å². The average molecular weight is 265 g/mol. The smallest absolute Gasteiger partial charge is 0.325 e. The van der Waals surface area contributed by atoms with E-state index in [4.69, 9.17) is 4.74 Å². The number of carboxylic acid groups (broad SMARTS) is 1. The third-order valence-electron chi connectivity index (χ3n) is 2.90. The van der Waals surface area contributed by atoms with E-state index in [1.165, 1.54) is 0 Å². The molecule has 1 aromatic rings. The Kier molecular flexibility index (Phi) is 5.83. The second-order valence-electron chi connectivity index (χ2n) is 4.98. The summed E-state index contributed by atoms with van der Waals surface area (Å²) in [6.07, 6.45) is 0.998. The molecule has 0 amide bonds. The fourth-order valence-electron chi connectivity index (χ4n) is 1.72. The molecule has 19 heavy (non-hydrogen) atoms. The molecule has 4 heteroatoms. The third-order valence-corrected chi connectivity index (χ3v) is 2.90. The monoisotopic (exact) mass is 265 g/mol. The molecule has 0 spiro atoms. The fraction of sp³-hybridized carbons (Fsp3) is 0.533. The normalized spacial score (nSPS) is 14.2. The van der Waals surface area contributed by atoms with E-state index in [-0.39, 0.29) is 12.1 Å². The van der Waals surface area contributed by atoms with E-state index in [2.05, 4.69) is 5.32 Å². The van der Waals surface area contributed by atoms with Gasteiger partial charge in [0.2, 0.25) is 0 Å². The van der Waals surface area contributed by atoms with Crippen molar-refractivity contribution < 1.29 is 14.6 Å². The van der Waals surface area contributed by atoms with Gasteiger partial charge < -0.3 is 9.84 Å². The first-order valence-corrected chi connectivity index (χ1v) is 6.69. The first-order valence-electron chi connectivity index (χ1n) is 6.69. The molecule has 2 unspecified atom stereocenters. The molecule has 0 aliphatic carbocycles. The Morgan fingerprint density at radius 1 is 1.26 bits per heavy atom. The van der Waals surface area contributed by atoms with E-state index >= 15 is 0 Å². The maximum atomic E-state index is 11.3. The predicted octanol–water partition coefficient (Wildman–Crippen LogP) is 2.99. The number of aliphatic carboxylic acids is 1. The van der Waals surface area contributed by atoms with Crippen LogP contribution in [0.3, 0.4) is 0 Å². The molecule has 1 rings (SSSR count). The highest BCUT2D eigenvalue weighted by atomic mass is 16.5. The highest BCUT2D eigenvalue weighted by Crippen LogP contribution is 2.20. The summed E-state index contributed by atoms with van der Waals surface area (Å²) in [7, 11) is 0. The summed E-state index contributed by atoms with van der Waals surface area (Å²) in [4.78, 5) is 11.3. The van der Waals surface area contributed by atoms with Gasteiger partial charge >= 0.3 is 5.97 Å². The molecule has 2 atom stereocenters. The van der Waals surface area contributed by atoms with Gasteiger partial charge in [-0.3, -0.25) is 10.1 Å². The number of ether oxygens (including phenoxy) is 1. The van der Waals surface area contributed by atoms with Gasteiger partial charge in [0.05, 0.1) is 6.10 Å². The molecule has 0 aliphatic heterocycles. The van der Waals surface area contributed by atoms with E-state index in [1.807, 2.05) is 39.8 Å². The lowest BCUT2D eigenvalue weighted by molar-refractivity contribution is -0.139. The molecule has 0 aromatic heterocycles. The first kappa shape index (κ1) is 15.5. The topological polar surface area (TPSA) is 58.6 Å². The van der Waals surface area contributed by atoms with Gasteiger partial charge in [-0.05, 0) is 44.9 Å². The molecule has 0 saturated carbocycles. The van der Waals surface area contributed by atoms with Crippen molar-refractivity contribution >= 4 is 5.97 Å². The molecule has 0 fully saturated rings. The maximum absolute atomic E-state index is 11.3. The average Bonchev–Trinajstić information content (AvgIpc) is 2.35. The van der Waals surface area contributed by atoms with Gasteiger partial charge in [0.1, 0.15) is 11.8 Å². The van der Waals surface area contributed by atoms with Crippen LogP contribution in [0.2, 0.25) is 0 Å². The number of carboxylic acids is 1. The molecule has 1 aromatic carbocycles. The minimum atomic E-state index is -0.863. The Hall–Kier alpha value is -1.55. The lowest BCUT2D eigenvalue weighted by atomic mass is 10.1. The summed E-state index contributed by atoms with van der Waals surface area (Å²) in [5.41, 5.74) is 0.740. The van der Waals surface area contributed by atoms with Gasteiger partial charge in [-0.25, -0.2) is 0 Å². The maximum Gasteiger partial charge on any atom is 0.325 e. The van der Waals surface area contributed by atoms with Crippen molar-refractivity contribution in [2.24, 2.45) is 0 Å². The van der Waals surface area contributed by atoms with Gasteiger partial charge in [-0.1, -0.05) is 19.1 Å². The van der Waals surface area contributed by atoms with Crippen LogP contribution in [0.25, 0.3) is 0 Å². The minimum Gasteiger partial charge on any atom is -0.491 e. The van der Waals surface area contributed by atoms with Crippen LogP contribution in [-0.2, 0) is 4.79 Å². The predicted molar refractivity (Wildman–Crippen MR) is 75.5 cm³/mol. The fourth-order valence-corrected chi connectivity index (χ4v) is 1.72. The molecule has 2 N–H and O–H groups in total. The van der Waals surface area contributed by atoms with Crippen LogP contribution in [0.15, 0.2) is 24.3 Å². The lowest BCUT2D eigenvalue weighted by Gasteiger charge is -2.20. The van der Waals surface area contributed by atoms with Crippen LogP contribution >= 0.6 is 0 Å². The molecule has 0 radical (unpaired) electrons. The third kappa shape index (κ3) is 4.91. The van der Waals surface area contributed by atoms with Crippen LogP contribution in [0.1, 0.15) is 45.7 Å². The number of nitrogens with one attached hydrogen (secondary N) is 1. The van der Waals surface area contributed by atoms with Crippen LogP contribution in [0, 0.1) is 0 Å². The quantitative estimate of drug-likeness (QED) is 0.795. The summed E-state index contributed by atoms with van der Waals surface area (Å²) in [5, 5.41) is 12.4. The molecule has 4 nitrogen and oxygen atoms in total. The Morgan fingerprint density at radius 2 is 1.84 bits per heavy atom. The Balaban J connectivity index is 2.82. The van der Waals surface area contributed by atoms with Gasteiger partial charge in [-0.15, -0.1) is 0 Å². The molecular formula is C15H23NO3. The number of carbonyl (C=O) groups is 1. The number of hydrogen-bond donors (Lipinski definition) is 2. The van der Waals surface area contributed by atoms with Crippen LogP contribution in [-0.4, -0.2) is 23.2 Å². The zero-order valence-electron chi connectivity index (χ0n) is 12.0. The highest BCUT2D eigenvalue weighted by molar-refractivity contribution is 5.75. The zero-order valence-corrected chi connectivity index (χ0v) is 12.0. The van der Waals surface area contributed by atoms with E-state index in [0.29, 0.717) is 0 Å². The van der Waals surface area contributed by atoms with Crippen LogP contribution < -0.4 is 10.1 Å². The minimum absolute atomic E-state index is 0.111. The summed E-state index contributed by atoms with van der Waals surface area (Å²) in [6.45, 7) is 7.92. The number of rotatable bonds is 7. The molecule has 0 heterocycles. The van der Waals surface area contributed by atoms with Crippen LogP contribution in [0.4, 0.5) is 0 Å². The number of hydrogen-bond acceptors (Lipinski definition) is 3. The van der Waals surface area contributed by atoms with Gasteiger partial charge in [-0.2, -0.15) is 0 Å². The molecular weight excluding hydrogens is 242 g/mol. The van der Waals surface area contributed by atoms with E-state index < -0.39 is 12.0 Å². The van der Waals surface area contributed by atoms with Crippen molar-refractivity contribution in [1.29, 1.82) is 0 Å². The van der Waals surface area contributed by atoms with Crippen molar-refractivity contribution in [3.63, 3.8) is 0 Å². The molecule has 106 valence electrons. The summed E-state index contributed by atoms with van der Waals surface area (Å²) < 4.78 is 5.54. The lowest BCUT2D eigenvalue weighted by Crippen LogP contribution is -2.34. The largest absolute Gasteiger partial charge is 0.491 e. The molecule has 0 saturated heterocycles. The molecule has 0 aliphatic rings.